The minimum atomic E-state index is 0.269. The summed E-state index contributed by atoms with van der Waals surface area (Å²) in [5.41, 5.74) is 7.24. The van der Waals surface area contributed by atoms with Crippen LogP contribution in [0.3, 0.4) is 0 Å². The summed E-state index contributed by atoms with van der Waals surface area (Å²) in [6.07, 6.45) is 1.39. The van der Waals surface area contributed by atoms with E-state index in [1.807, 2.05) is 24.3 Å². The molecule has 3 rings (SSSR count). The lowest BCUT2D eigenvalue weighted by molar-refractivity contribution is 0.412. The van der Waals surface area contributed by atoms with E-state index in [0.717, 1.165) is 17.2 Å². The summed E-state index contributed by atoms with van der Waals surface area (Å²) in [6.45, 7) is 0. The van der Waals surface area contributed by atoms with Gasteiger partial charge in [-0.1, -0.05) is 6.07 Å². The van der Waals surface area contributed by atoms with Gasteiger partial charge in [0.05, 0.1) is 14.2 Å². The molecule has 1 heterocycles. The molecule has 3 aromatic rings. The van der Waals surface area contributed by atoms with Crippen LogP contribution in [0.2, 0.25) is 0 Å². The quantitative estimate of drug-likeness (QED) is 0.709. The molecule has 0 aliphatic rings. The molecule has 0 radical (unpaired) electrons. The van der Waals surface area contributed by atoms with Crippen molar-refractivity contribution in [1.29, 1.82) is 0 Å². The summed E-state index contributed by atoms with van der Waals surface area (Å²) in [5, 5.41) is 3.14. The van der Waals surface area contributed by atoms with Crippen molar-refractivity contribution in [3.05, 3.63) is 54.9 Å². The van der Waals surface area contributed by atoms with Gasteiger partial charge in [-0.3, -0.25) is 0 Å². The third-order valence-electron chi connectivity index (χ3n) is 3.45. The number of hydrogen-bond acceptors (Lipinski definition) is 7. The number of anilines is 3. The summed E-state index contributed by atoms with van der Waals surface area (Å²) in [4.78, 5) is 8.27. The number of hydrogen-bond donors (Lipinski definition) is 2. The zero-order valence-corrected chi connectivity index (χ0v) is 13.9. The maximum absolute atomic E-state index is 6.14. The lowest BCUT2D eigenvalue weighted by Crippen LogP contribution is -2.03. The van der Waals surface area contributed by atoms with Crippen LogP contribution in [0.1, 0.15) is 0 Å². The van der Waals surface area contributed by atoms with Gasteiger partial charge in [-0.2, -0.15) is 4.98 Å². The highest BCUT2D eigenvalue weighted by molar-refractivity contribution is 5.72. The highest BCUT2D eigenvalue weighted by Crippen LogP contribution is 2.32. The summed E-state index contributed by atoms with van der Waals surface area (Å²) in [7, 11) is 3.22. The van der Waals surface area contributed by atoms with Crippen molar-refractivity contribution >= 4 is 17.2 Å². The minimum absolute atomic E-state index is 0.269. The number of benzene rings is 2. The fourth-order valence-corrected chi connectivity index (χ4v) is 2.15. The molecular formula is C18H18N4O3. The third-order valence-corrected chi connectivity index (χ3v) is 3.45. The van der Waals surface area contributed by atoms with E-state index in [9.17, 15) is 0 Å². The fraction of sp³-hybridized carbons (Fsp3) is 0.111. The topological polar surface area (TPSA) is 91.5 Å². The van der Waals surface area contributed by atoms with E-state index in [4.69, 9.17) is 19.9 Å². The van der Waals surface area contributed by atoms with Gasteiger partial charge >= 0.3 is 0 Å². The van der Waals surface area contributed by atoms with Gasteiger partial charge in [0.2, 0.25) is 5.88 Å². The number of ether oxygens (including phenoxy) is 3. The molecule has 0 unspecified atom stereocenters. The summed E-state index contributed by atoms with van der Waals surface area (Å²) in [5.74, 6) is 2.78. The van der Waals surface area contributed by atoms with E-state index in [1.54, 1.807) is 38.5 Å². The van der Waals surface area contributed by atoms with Crippen LogP contribution in [0.15, 0.2) is 54.9 Å². The molecule has 1 aromatic heterocycles. The molecule has 25 heavy (non-hydrogen) atoms. The van der Waals surface area contributed by atoms with Gasteiger partial charge in [0.25, 0.3) is 0 Å². The van der Waals surface area contributed by atoms with E-state index < -0.39 is 0 Å². The number of rotatable bonds is 6. The van der Waals surface area contributed by atoms with Crippen molar-refractivity contribution in [3.63, 3.8) is 0 Å². The molecule has 0 saturated heterocycles. The Bertz CT molecular complexity index is 853. The predicted molar refractivity (Wildman–Crippen MR) is 95.8 cm³/mol. The third kappa shape index (κ3) is 3.89. The number of nitrogens with one attached hydrogen (secondary N) is 1. The molecule has 0 saturated carbocycles. The van der Waals surface area contributed by atoms with Gasteiger partial charge in [-0.05, 0) is 36.4 Å². The van der Waals surface area contributed by atoms with E-state index in [0.29, 0.717) is 17.3 Å². The average Bonchev–Trinajstić information content (AvgIpc) is 2.66. The first-order valence-corrected chi connectivity index (χ1v) is 7.53. The highest BCUT2D eigenvalue weighted by Gasteiger charge is 2.11. The fourth-order valence-electron chi connectivity index (χ4n) is 2.15. The molecule has 128 valence electrons. The van der Waals surface area contributed by atoms with E-state index in [-0.39, 0.29) is 5.88 Å². The Labute approximate surface area is 145 Å². The average molecular weight is 338 g/mol. The molecule has 0 bridgehead atoms. The molecule has 0 aliphatic heterocycles. The standard InChI is InChI=1S/C18H18N4O3/c1-23-13-6-8-14(9-7-13)25-18-16(19)17(20-11-21-18)22-12-4-3-5-15(10-12)24-2/h3-11H,19H2,1-2H3,(H,20,21,22). The largest absolute Gasteiger partial charge is 0.497 e. The molecule has 3 N–H and O–H groups in total. The van der Waals surface area contributed by atoms with Crippen LogP contribution in [0.5, 0.6) is 23.1 Å². The maximum Gasteiger partial charge on any atom is 0.248 e. The van der Waals surface area contributed by atoms with Crippen molar-refractivity contribution in [1.82, 2.24) is 9.97 Å². The van der Waals surface area contributed by atoms with E-state index >= 15 is 0 Å². The van der Waals surface area contributed by atoms with Crippen molar-refractivity contribution in [2.75, 3.05) is 25.3 Å². The van der Waals surface area contributed by atoms with Crippen LogP contribution in [0.4, 0.5) is 17.2 Å². The Kier molecular flexibility index (Phi) is 4.84. The monoisotopic (exact) mass is 338 g/mol. The van der Waals surface area contributed by atoms with Gasteiger partial charge in [-0.25, -0.2) is 4.98 Å². The number of aromatic nitrogens is 2. The number of nitrogen functional groups attached to an aromatic ring is 1. The van der Waals surface area contributed by atoms with Crippen molar-refractivity contribution < 1.29 is 14.2 Å². The molecule has 7 nitrogen and oxygen atoms in total. The van der Waals surface area contributed by atoms with Gasteiger partial charge in [0.1, 0.15) is 29.3 Å². The first-order chi connectivity index (χ1) is 12.2. The second kappa shape index (κ2) is 7.39. The van der Waals surface area contributed by atoms with Gasteiger partial charge < -0.3 is 25.3 Å². The van der Waals surface area contributed by atoms with Crippen molar-refractivity contribution in [2.45, 2.75) is 0 Å². The van der Waals surface area contributed by atoms with Gasteiger partial charge in [-0.15, -0.1) is 0 Å². The number of nitrogens with zero attached hydrogens (tertiary/aromatic N) is 2. The Morgan fingerprint density at radius 2 is 1.60 bits per heavy atom. The lowest BCUT2D eigenvalue weighted by Gasteiger charge is -2.12. The van der Waals surface area contributed by atoms with Crippen LogP contribution in [-0.2, 0) is 0 Å². The molecule has 7 heteroatoms. The normalized spacial score (nSPS) is 10.2. The second-order valence-electron chi connectivity index (χ2n) is 5.08. The van der Waals surface area contributed by atoms with E-state index in [1.165, 1.54) is 6.33 Å². The second-order valence-corrected chi connectivity index (χ2v) is 5.08. The van der Waals surface area contributed by atoms with Crippen LogP contribution < -0.4 is 25.3 Å². The van der Waals surface area contributed by atoms with Crippen LogP contribution in [0, 0.1) is 0 Å². The summed E-state index contributed by atoms with van der Waals surface area (Å²) < 4.78 is 16.1. The lowest BCUT2D eigenvalue weighted by atomic mass is 10.3. The van der Waals surface area contributed by atoms with Gasteiger partial charge in [0, 0.05) is 11.8 Å². The smallest absolute Gasteiger partial charge is 0.248 e. The Morgan fingerprint density at radius 3 is 2.32 bits per heavy atom. The molecule has 0 amide bonds. The van der Waals surface area contributed by atoms with Crippen LogP contribution in [0.25, 0.3) is 0 Å². The first-order valence-electron chi connectivity index (χ1n) is 7.53. The SMILES string of the molecule is COc1ccc(Oc2ncnc(Nc3cccc(OC)c3)c2N)cc1. The Balaban J connectivity index is 1.81. The molecule has 0 atom stereocenters. The van der Waals surface area contributed by atoms with E-state index in [2.05, 4.69) is 15.3 Å². The maximum atomic E-state index is 6.14. The number of methoxy groups -OCH3 is 2. The molecule has 0 aliphatic carbocycles. The summed E-state index contributed by atoms with van der Waals surface area (Å²) in [6, 6.07) is 14.6. The van der Waals surface area contributed by atoms with Crippen LogP contribution in [-0.4, -0.2) is 24.2 Å². The van der Waals surface area contributed by atoms with Crippen LogP contribution >= 0.6 is 0 Å². The zero-order valence-electron chi connectivity index (χ0n) is 13.9. The zero-order chi connectivity index (χ0) is 17.6. The molecular weight excluding hydrogens is 320 g/mol. The number of nitrogens with two attached hydrogens (primary N) is 1. The van der Waals surface area contributed by atoms with Crippen molar-refractivity contribution in [2.24, 2.45) is 0 Å². The highest BCUT2D eigenvalue weighted by atomic mass is 16.5. The summed E-state index contributed by atoms with van der Waals surface area (Å²) >= 11 is 0. The minimum Gasteiger partial charge on any atom is -0.497 e. The predicted octanol–water partition coefficient (Wildman–Crippen LogP) is 3.61. The van der Waals surface area contributed by atoms with Crippen molar-refractivity contribution in [3.8, 4) is 23.1 Å². The Hall–Kier alpha value is -3.48. The molecule has 2 aromatic carbocycles. The first kappa shape index (κ1) is 16.4. The molecule has 0 fully saturated rings. The van der Waals surface area contributed by atoms with Gasteiger partial charge in [0.15, 0.2) is 5.82 Å². The Morgan fingerprint density at radius 1 is 0.880 bits per heavy atom. The molecule has 0 spiro atoms.